The van der Waals surface area contributed by atoms with Crippen LogP contribution in [-0.2, 0) is 12.7 Å². The minimum atomic E-state index is -4.61. The molecule has 1 aromatic carbocycles. The van der Waals surface area contributed by atoms with Crippen molar-refractivity contribution < 1.29 is 13.2 Å². The van der Waals surface area contributed by atoms with Crippen molar-refractivity contribution in [2.75, 3.05) is 11.9 Å². The first-order chi connectivity index (χ1) is 12.4. The lowest BCUT2D eigenvalue weighted by molar-refractivity contribution is -0.146. The minimum Gasteiger partial charge on any atom is -0.367 e. The number of aromatic nitrogens is 6. The van der Waals surface area contributed by atoms with Gasteiger partial charge >= 0.3 is 6.18 Å². The highest BCUT2D eigenvalue weighted by molar-refractivity contribution is 5.75. The van der Waals surface area contributed by atoms with Crippen molar-refractivity contribution in [1.29, 1.82) is 0 Å². The van der Waals surface area contributed by atoms with Gasteiger partial charge in [-0.05, 0) is 31.2 Å². The maximum atomic E-state index is 12.9. The number of nitrogens with one attached hydrogen (secondary N) is 1. The van der Waals surface area contributed by atoms with Crippen LogP contribution in [0.2, 0.25) is 0 Å². The summed E-state index contributed by atoms with van der Waals surface area (Å²) in [5.41, 5.74) is 1.96. The first kappa shape index (κ1) is 16.3. The van der Waals surface area contributed by atoms with Gasteiger partial charge in [-0.15, -0.1) is 15.3 Å². The zero-order valence-corrected chi connectivity index (χ0v) is 13.7. The molecule has 0 saturated carbocycles. The van der Waals surface area contributed by atoms with Gasteiger partial charge in [-0.25, -0.2) is 4.98 Å². The summed E-state index contributed by atoms with van der Waals surface area (Å²) < 4.78 is 41.5. The SMILES string of the molecule is Cc1nc2ccccc2n1CCNc1ccc2nnc(C(F)(F)F)n2n1. The molecule has 0 atom stereocenters. The highest BCUT2D eigenvalue weighted by atomic mass is 19.4. The van der Waals surface area contributed by atoms with Crippen LogP contribution in [0.25, 0.3) is 16.7 Å². The Balaban J connectivity index is 1.53. The monoisotopic (exact) mass is 361 g/mol. The fourth-order valence-corrected chi connectivity index (χ4v) is 2.83. The third-order valence-corrected chi connectivity index (χ3v) is 4.00. The van der Waals surface area contributed by atoms with Gasteiger partial charge in [0, 0.05) is 13.1 Å². The molecule has 0 amide bonds. The largest absolute Gasteiger partial charge is 0.453 e. The Bertz CT molecular complexity index is 1080. The summed E-state index contributed by atoms with van der Waals surface area (Å²) in [7, 11) is 0. The Kier molecular flexibility index (Phi) is 3.74. The number of imidazole rings is 1. The number of nitrogens with zero attached hydrogens (tertiary/aromatic N) is 6. The number of aryl methyl sites for hydroxylation is 1. The van der Waals surface area contributed by atoms with E-state index in [2.05, 4.69) is 25.6 Å². The molecule has 1 N–H and O–H groups in total. The minimum absolute atomic E-state index is 0.0410. The molecular formula is C16H14F3N7. The number of hydrogen-bond acceptors (Lipinski definition) is 5. The van der Waals surface area contributed by atoms with E-state index in [1.54, 1.807) is 6.07 Å². The van der Waals surface area contributed by atoms with Crippen LogP contribution in [0.1, 0.15) is 11.6 Å². The number of hydrogen-bond donors (Lipinski definition) is 1. The highest BCUT2D eigenvalue weighted by Gasteiger charge is 2.37. The number of para-hydroxylation sites is 2. The van der Waals surface area contributed by atoms with Crippen molar-refractivity contribution >= 4 is 22.5 Å². The second-order valence-corrected chi connectivity index (χ2v) is 5.74. The van der Waals surface area contributed by atoms with Gasteiger partial charge in [0.15, 0.2) is 5.65 Å². The van der Waals surface area contributed by atoms with Gasteiger partial charge in [-0.1, -0.05) is 12.1 Å². The number of rotatable bonds is 4. The number of fused-ring (bicyclic) bond motifs is 2. The molecule has 4 rings (SSSR count). The second kappa shape index (κ2) is 5.97. The van der Waals surface area contributed by atoms with E-state index >= 15 is 0 Å². The summed E-state index contributed by atoms with van der Waals surface area (Å²) in [6.45, 7) is 2.99. The summed E-state index contributed by atoms with van der Waals surface area (Å²) in [5.74, 6) is 0.0343. The molecule has 3 heterocycles. The normalized spacial score (nSPS) is 12.2. The summed E-state index contributed by atoms with van der Waals surface area (Å²) in [6.07, 6.45) is -4.61. The van der Waals surface area contributed by atoms with Crippen molar-refractivity contribution in [3.8, 4) is 0 Å². The summed E-state index contributed by atoms with van der Waals surface area (Å²) >= 11 is 0. The molecule has 3 aromatic heterocycles. The standard InChI is InChI=1S/C16H14F3N7/c1-10-21-11-4-2-3-5-12(11)25(10)9-8-20-13-6-7-14-22-23-15(16(17,18)19)26(14)24-13/h2-7H,8-9H2,1H3,(H,20,24). The molecule has 7 nitrogen and oxygen atoms in total. The average Bonchev–Trinajstić information content (AvgIpc) is 3.15. The van der Waals surface area contributed by atoms with Crippen molar-refractivity contribution in [1.82, 2.24) is 29.4 Å². The van der Waals surface area contributed by atoms with E-state index in [1.807, 2.05) is 35.8 Å². The third kappa shape index (κ3) is 2.83. The molecule has 0 aliphatic carbocycles. The molecule has 0 bridgehead atoms. The number of anilines is 1. The molecule has 10 heteroatoms. The first-order valence-electron chi connectivity index (χ1n) is 7.89. The van der Waals surface area contributed by atoms with Crippen molar-refractivity contribution in [2.24, 2.45) is 0 Å². The number of alkyl halides is 3. The molecular weight excluding hydrogens is 347 g/mol. The van der Waals surface area contributed by atoms with E-state index in [0.717, 1.165) is 16.9 Å². The van der Waals surface area contributed by atoms with Gasteiger partial charge in [0.2, 0.25) is 0 Å². The Morgan fingerprint density at radius 1 is 1.08 bits per heavy atom. The molecule has 0 aliphatic heterocycles. The predicted molar refractivity (Wildman–Crippen MR) is 88.7 cm³/mol. The molecule has 26 heavy (non-hydrogen) atoms. The summed E-state index contributed by atoms with van der Waals surface area (Å²) in [6, 6.07) is 10.8. The molecule has 0 spiro atoms. The lowest BCUT2D eigenvalue weighted by Gasteiger charge is -2.09. The Morgan fingerprint density at radius 3 is 2.69 bits per heavy atom. The summed E-state index contributed by atoms with van der Waals surface area (Å²) in [5, 5.41) is 13.6. The first-order valence-corrected chi connectivity index (χ1v) is 7.89. The van der Waals surface area contributed by atoms with Gasteiger partial charge in [-0.3, -0.25) is 0 Å². The van der Waals surface area contributed by atoms with E-state index in [4.69, 9.17) is 0 Å². The molecule has 0 radical (unpaired) electrons. The fraction of sp³-hybridized carbons (Fsp3) is 0.250. The smallest absolute Gasteiger partial charge is 0.367 e. The van der Waals surface area contributed by atoms with Crippen molar-refractivity contribution in [3.05, 3.63) is 48.0 Å². The molecule has 4 aromatic rings. The second-order valence-electron chi connectivity index (χ2n) is 5.74. The lowest BCUT2D eigenvalue weighted by atomic mass is 10.3. The van der Waals surface area contributed by atoms with E-state index < -0.39 is 12.0 Å². The van der Waals surface area contributed by atoms with Crippen LogP contribution in [0.4, 0.5) is 19.0 Å². The summed E-state index contributed by atoms with van der Waals surface area (Å²) in [4.78, 5) is 4.49. The van der Waals surface area contributed by atoms with E-state index in [0.29, 0.717) is 23.4 Å². The number of halogens is 3. The van der Waals surface area contributed by atoms with Crippen LogP contribution in [0.15, 0.2) is 36.4 Å². The lowest BCUT2D eigenvalue weighted by Crippen LogP contribution is -2.15. The predicted octanol–water partition coefficient (Wildman–Crippen LogP) is 2.91. The maximum absolute atomic E-state index is 12.9. The van der Waals surface area contributed by atoms with Gasteiger partial charge in [0.1, 0.15) is 11.6 Å². The van der Waals surface area contributed by atoms with Crippen molar-refractivity contribution in [3.63, 3.8) is 0 Å². The fourth-order valence-electron chi connectivity index (χ4n) is 2.83. The quantitative estimate of drug-likeness (QED) is 0.605. The average molecular weight is 361 g/mol. The maximum Gasteiger partial charge on any atom is 0.453 e. The van der Waals surface area contributed by atoms with Crippen LogP contribution in [0, 0.1) is 6.92 Å². The topological polar surface area (TPSA) is 72.9 Å². The van der Waals surface area contributed by atoms with Gasteiger partial charge in [0.25, 0.3) is 5.82 Å². The van der Waals surface area contributed by atoms with Crippen LogP contribution >= 0.6 is 0 Å². The molecule has 0 fully saturated rings. The molecule has 0 aliphatic rings. The third-order valence-electron chi connectivity index (χ3n) is 4.00. The highest BCUT2D eigenvalue weighted by Crippen LogP contribution is 2.27. The Morgan fingerprint density at radius 2 is 1.88 bits per heavy atom. The number of benzene rings is 1. The van der Waals surface area contributed by atoms with E-state index in [-0.39, 0.29) is 5.65 Å². The van der Waals surface area contributed by atoms with Gasteiger partial charge in [-0.2, -0.15) is 17.7 Å². The molecule has 0 saturated heterocycles. The Labute approximate surface area is 145 Å². The zero-order chi connectivity index (χ0) is 18.3. The van der Waals surface area contributed by atoms with Crippen LogP contribution < -0.4 is 5.32 Å². The Hall–Kier alpha value is -3.17. The van der Waals surface area contributed by atoms with Crippen LogP contribution in [-0.4, -0.2) is 35.9 Å². The molecule has 0 unspecified atom stereocenters. The van der Waals surface area contributed by atoms with Crippen LogP contribution in [0.3, 0.4) is 0 Å². The molecule has 134 valence electrons. The van der Waals surface area contributed by atoms with Gasteiger partial charge in [0.05, 0.1) is 11.0 Å². The zero-order valence-electron chi connectivity index (χ0n) is 13.7. The van der Waals surface area contributed by atoms with E-state index in [1.165, 1.54) is 6.07 Å². The van der Waals surface area contributed by atoms with E-state index in [9.17, 15) is 13.2 Å². The van der Waals surface area contributed by atoms with Gasteiger partial charge < -0.3 is 9.88 Å². The van der Waals surface area contributed by atoms with Crippen LogP contribution in [0.5, 0.6) is 0 Å². The van der Waals surface area contributed by atoms with Crippen molar-refractivity contribution in [2.45, 2.75) is 19.6 Å².